The number of alkyl halides is 6. The van der Waals surface area contributed by atoms with Crippen LogP contribution in [-0.4, -0.2) is 98.4 Å². The summed E-state index contributed by atoms with van der Waals surface area (Å²) in [5.74, 6) is -0.785. The number of halogens is 7. The van der Waals surface area contributed by atoms with E-state index in [1.54, 1.807) is 17.0 Å². The molecule has 45 heavy (non-hydrogen) atoms. The zero-order chi connectivity index (χ0) is 32.2. The van der Waals surface area contributed by atoms with Crippen LogP contribution < -0.4 is 5.32 Å². The lowest BCUT2D eigenvalue weighted by Crippen LogP contribution is -2.61. The highest BCUT2D eigenvalue weighted by atomic mass is 19.4. The first-order valence-electron chi connectivity index (χ1n) is 15.1. The van der Waals surface area contributed by atoms with Gasteiger partial charge in [0.25, 0.3) is 0 Å². The number of hydrogen-bond acceptors (Lipinski definition) is 5. The summed E-state index contributed by atoms with van der Waals surface area (Å²) in [6, 6.07) is 6.19. The molecule has 3 aliphatic heterocycles. The lowest BCUT2D eigenvalue weighted by Gasteiger charge is -2.45. The minimum atomic E-state index is -4.97. The van der Waals surface area contributed by atoms with Gasteiger partial charge in [0.05, 0.1) is 43.6 Å². The zero-order valence-electron chi connectivity index (χ0n) is 24.7. The van der Waals surface area contributed by atoms with Crippen LogP contribution in [0.1, 0.15) is 41.0 Å². The van der Waals surface area contributed by atoms with Crippen molar-refractivity contribution >= 4 is 6.03 Å². The van der Waals surface area contributed by atoms with Crippen LogP contribution in [0.4, 0.5) is 35.5 Å². The van der Waals surface area contributed by atoms with Crippen molar-refractivity contribution in [1.82, 2.24) is 20.0 Å². The Kier molecular flexibility index (Phi) is 10.6. The molecule has 3 saturated heterocycles. The first-order valence-corrected chi connectivity index (χ1v) is 15.1. The molecule has 1 N–H and O–H groups in total. The van der Waals surface area contributed by atoms with Gasteiger partial charge in [0.15, 0.2) is 0 Å². The zero-order valence-corrected chi connectivity index (χ0v) is 24.7. The molecule has 14 heteroatoms. The molecule has 0 spiro atoms. The van der Waals surface area contributed by atoms with Crippen molar-refractivity contribution in [3.8, 4) is 0 Å². The molecule has 2 unspecified atom stereocenters. The molecule has 3 aliphatic rings. The number of ether oxygens (including phenoxy) is 2. The molecule has 0 bridgehead atoms. The average molecular weight is 647 g/mol. The Labute approximate surface area is 257 Å². The molecule has 0 aromatic heterocycles. The molecule has 7 nitrogen and oxygen atoms in total. The maximum atomic E-state index is 13.7. The van der Waals surface area contributed by atoms with Crippen molar-refractivity contribution < 1.29 is 45.0 Å². The normalized spacial score (nSPS) is 22.9. The predicted octanol–water partition coefficient (Wildman–Crippen LogP) is 5.35. The van der Waals surface area contributed by atoms with Gasteiger partial charge in [-0.25, -0.2) is 9.18 Å². The van der Waals surface area contributed by atoms with Crippen LogP contribution in [0, 0.1) is 5.82 Å². The molecule has 2 amide bonds. The number of carbonyl (C=O) groups excluding carboxylic acids is 1. The number of hydrogen-bond donors (Lipinski definition) is 1. The van der Waals surface area contributed by atoms with Crippen LogP contribution in [0.2, 0.25) is 0 Å². The van der Waals surface area contributed by atoms with Gasteiger partial charge >= 0.3 is 18.4 Å². The molecule has 0 saturated carbocycles. The van der Waals surface area contributed by atoms with Gasteiger partial charge in [0.1, 0.15) is 5.82 Å². The maximum Gasteiger partial charge on any atom is 0.416 e. The van der Waals surface area contributed by atoms with Gasteiger partial charge in [-0.1, -0.05) is 12.1 Å². The molecule has 0 radical (unpaired) electrons. The summed E-state index contributed by atoms with van der Waals surface area (Å²) in [6.45, 7) is 6.54. The molecule has 0 aliphatic carbocycles. The number of benzene rings is 2. The number of amides is 2. The van der Waals surface area contributed by atoms with Crippen molar-refractivity contribution in [3.63, 3.8) is 0 Å². The van der Waals surface area contributed by atoms with Gasteiger partial charge in [-0.05, 0) is 54.3 Å². The maximum absolute atomic E-state index is 13.7. The fourth-order valence-electron chi connectivity index (χ4n) is 6.25. The minimum Gasteiger partial charge on any atom is -0.379 e. The highest BCUT2D eigenvalue weighted by molar-refractivity contribution is 5.76. The van der Waals surface area contributed by atoms with Gasteiger partial charge < -0.3 is 24.6 Å². The lowest BCUT2D eigenvalue weighted by atomic mass is 9.88. The fourth-order valence-corrected chi connectivity index (χ4v) is 6.25. The largest absolute Gasteiger partial charge is 0.416 e. The van der Waals surface area contributed by atoms with E-state index in [0.717, 1.165) is 70.9 Å². The van der Waals surface area contributed by atoms with Crippen LogP contribution in [0.15, 0.2) is 42.5 Å². The quantitative estimate of drug-likeness (QED) is 0.373. The molecule has 3 heterocycles. The van der Waals surface area contributed by atoms with E-state index >= 15 is 0 Å². The number of likely N-dealkylation sites (tertiary alicyclic amines) is 1. The van der Waals surface area contributed by atoms with E-state index in [1.807, 2.05) is 0 Å². The minimum absolute atomic E-state index is 0.0136. The number of carbonyl (C=O) groups is 1. The van der Waals surface area contributed by atoms with Crippen molar-refractivity contribution in [2.75, 3.05) is 65.6 Å². The molecule has 2 aromatic carbocycles. The van der Waals surface area contributed by atoms with E-state index in [1.165, 1.54) is 12.1 Å². The fraction of sp³-hybridized carbons (Fsp3) is 0.581. The summed E-state index contributed by atoms with van der Waals surface area (Å²) < 4.78 is 105. The standard InChI is InChI=1S/C31H37F7N4O3/c32-25-3-1-22(2-4-25)27-18-42(26-5-7-40(8-6-26)9-10-41-11-13-44-14-12-41)29(43)39-28(27)20-45-19-21-15-23(30(33,34)35)17-24(16-21)31(36,37)38/h1-4,15-17,26-28H,5-14,18-20H2,(H,39,43). The molecule has 5 rings (SSSR count). The third-order valence-corrected chi connectivity index (χ3v) is 8.79. The summed E-state index contributed by atoms with van der Waals surface area (Å²) in [5, 5.41) is 2.94. The summed E-state index contributed by atoms with van der Waals surface area (Å²) in [7, 11) is 0. The van der Waals surface area contributed by atoms with E-state index in [9.17, 15) is 35.5 Å². The Balaban J connectivity index is 1.22. The Hall–Kier alpha value is -2.94. The summed E-state index contributed by atoms with van der Waals surface area (Å²) in [5.41, 5.74) is -2.40. The average Bonchev–Trinajstić information content (AvgIpc) is 3.00. The highest BCUT2D eigenvalue weighted by Gasteiger charge is 2.40. The molecular formula is C31H37F7N4O3. The second-order valence-corrected chi connectivity index (χ2v) is 11.8. The van der Waals surface area contributed by atoms with Crippen LogP contribution in [-0.2, 0) is 28.4 Å². The van der Waals surface area contributed by atoms with Gasteiger partial charge in [0.2, 0.25) is 0 Å². The van der Waals surface area contributed by atoms with Crippen LogP contribution in [0.5, 0.6) is 0 Å². The molecular weight excluding hydrogens is 609 g/mol. The number of rotatable bonds is 9. The second-order valence-electron chi connectivity index (χ2n) is 11.8. The number of morpholine rings is 1. The summed E-state index contributed by atoms with van der Waals surface area (Å²) in [6.07, 6.45) is -8.37. The van der Waals surface area contributed by atoms with Gasteiger partial charge in [-0.3, -0.25) is 4.90 Å². The highest BCUT2D eigenvalue weighted by Crippen LogP contribution is 2.37. The monoisotopic (exact) mass is 646 g/mol. The third kappa shape index (κ3) is 8.87. The SMILES string of the molecule is O=C1NC(COCc2cc(C(F)(F)F)cc(C(F)(F)F)c2)C(c2ccc(F)cc2)CN1C1CCN(CCN2CCOCC2)CC1. The first-order chi connectivity index (χ1) is 21.4. The summed E-state index contributed by atoms with van der Waals surface area (Å²) in [4.78, 5) is 19.9. The Morgan fingerprint density at radius 2 is 1.42 bits per heavy atom. The van der Waals surface area contributed by atoms with E-state index in [4.69, 9.17) is 9.47 Å². The van der Waals surface area contributed by atoms with Crippen molar-refractivity contribution in [2.24, 2.45) is 0 Å². The number of nitrogens with one attached hydrogen (secondary N) is 1. The summed E-state index contributed by atoms with van der Waals surface area (Å²) >= 11 is 0. The third-order valence-electron chi connectivity index (χ3n) is 8.79. The van der Waals surface area contributed by atoms with Gasteiger partial charge in [-0.2, -0.15) is 26.3 Å². The van der Waals surface area contributed by atoms with E-state index in [-0.39, 0.29) is 36.2 Å². The second kappa shape index (κ2) is 14.2. The Bertz CT molecular complexity index is 1250. The van der Waals surface area contributed by atoms with Crippen molar-refractivity contribution in [2.45, 2.75) is 49.8 Å². The molecule has 2 atom stereocenters. The smallest absolute Gasteiger partial charge is 0.379 e. The van der Waals surface area contributed by atoms with Gasteiger partial charge in [0, 0.05) is 57.8 Å². The molecule has 248 valence electrons. The van der Waals surface area contributed by atoms with E-state index in [0.29, 0.717) is 18.7 Å². The van der Waals surface area contributed by atoms with Crippen molar-refractivity contribution in [1.29, 1.82) is 0 Å². The van der Waals surface area contributed by atoms with E-state index < -0.39 is 41.9 Å². The van der Waals surface area contributed by atoms with Crippen LogP contribution in [0.3, 0.4) is 0 Å². The number of nitrogens with zero attached hydrogens (tertiary/aromatic N) is 3. The first kappa shape index (κ1) is 33.4. The van der Waals surface area contributed by atoms with Crippen LogP contribution >= 0.6 is 0 Å². The Morgan fingerprint density at radius 1 is 0.844 bits per heavy atom. The van der Waals surface area contributed by atoms with Crippen molar-refractivity contribution in [3.05, 3.63) is 70.5 Å². The topological polar surface area (TPSA) is 57.3 Å². The molecule has 2 aromatic rings. The van der Waals surface area contributed by atoms with Gasteiger partial charge in [-0.15, -0.1) is 0 Å². The lowest BCUT2D eigenvalue weighted by molar-refractivity contribution is -0.143. The molecule has 3 fully saturated rings. The van der Waals surface area contributed by atoms with Crippen LogP contribution in [0.25, 0.3) is 0 Å². The number of piperidine rings is 1. The van der Waals surface area contributed by atoms with E-state index in [2.05, 4.69) is 15.1 Å². The Morgan fingerprint density at radius 3 is 2.00 bits per heavy atom. The number of urea groups is 1. The predicted molar refractivity (Wildman–Crippen MR) is 151 cm³/mol.